The van der Waals surface area contributed by atoms with Crippen molar-refractivity contribution >= 4 is 17.5 Å². The van der Waals surface area contributed by atoms with E-state index in [-0.39, 0.29) is 23.8 Å². The van der Waals surface area contributed by atoms with E-state index in [2.05, 4.69) is 13.8 Å². The molecule has 0 bridgehead atoms. The van der Waals surface area contributed by atoms with Crippen LogP contribution in [0.25, 0.3) is 0 Å². The molecule has 1 heterocycles. The van der Waals surface area contributed by atoms with Crippen LogP contribution in [0.15, 0.2) is 34.5 Å². The Bertz CT molecular complexity index is 897. The maximum atomic E-state index is 13.2. The number of nitrogens with zero attached hydrogens (tertiary/aromatic N) is 1. The summed E-state index contributed by atoms with van der Waals surface area (Å²) in [6.07, 6.45) is 1.13. The molecule has 0 saturated heterocycles. The SMILES string of the molecule is CCOC(=O)C1C(C)=NC2=C(C(=O)CC(C)(C)C2)[C@H]1c1ccc(OC)c(OC)c1. The summed E-state index contributed by atoms with van der Waals surface area (Å²) in [6, 6.07) is 5.52. The lowest BCUT2D eigenvalue weighted by molar-refractivity contribution is -0.146. The molecule has 0 fully saturated rings. The molecule has 156 valence electrons. The molecule has 0 radical (unpaired) electrons. The van der Waals surface area contributed by atoms with E-state index in [1.54, 1.807) is 27.2 Å². The number of rotatable bonds is 5. The van der Waals surface area contributed by atoms with Crippen LogP contribution in [0.1, 0.15) is 52.0 Å². The molecule has 1 aliphatic carbocycles. The second-order valence-electron chi connectivity index (χ2n) is 8.38. The van der Waals surface area contributed by atoms with Crippen LogP contribution in [0.5, 0.6) is 11.5 Å². The Kier molecular flexibility index (Phi) is 5.82. The normalized spacial score (nSPS) is 23.2. The number of allylic oxidation sites excluding steroid dienone is 2. The van der Waals surface area contributed by atoms with Gasteiger partial charge in [-0.25, -0.2) is 0 Å². The number of hydrogen-bond donors (Lipinski definition) is 0. The summed E-state index contributed by atoms with van der Waals surface area (Å²) >= 11 is 0. The Balaban J connectivity index is 2.19. The fraction of sp³-hybridized carbons (Fsp3) is 0.522. The molecule has 1 unspecified atom stereocenters. The van der Waals surface area contributed by atoms with Crippen molar-refractivity contribution in [2.75, 3.05) is 20.8 Å². The third-order valence-electron chi connectivity index (χ3n) is 5.61. The monoisotopic (exact) mass is 399 g/mol. The summed E-state index contributed by atoms with van der Waals surface area (Å²) in [7, 11) is 3.14. The van der Waals surface area contributed by atoms with Crippen LogP contribution in [0, 0.1) is 11.3 Å². The van der Waals surface area contributed by atoms with Crippen LogP contribution in [0.4, 0.5) is 0 Å². The van der Waals surface area contributed by atoms with Crippen molar-refractivity contribution in [3.8, 4) is 11.5 Å². The largest absolute Gasteiger partial charge is 0.493 e. The van der Waals surface area contributed by atoms with Gasteiger partial charge in [-0.05, 0) is 43.4 Å². The molecule has 0 spiro atoms. The number of ether oxygens (including phenoxy) is 3. The van der Waals surface area contributed by atoms with Gasteiger partial charge in [-0.3, -0.25) is 14.6 Å². The van der Waals surface area contributed by atoms with Gasteiger partial charge in [0.1, 0.15) is 5.92 Å². The molecule has 2 atom stereocenters. The molecule has 1 aromatic rings. The minimum absolute atomic E-state index is 0.0431. The Hall–Kier alpha value is -2.63. The highest BCUT2D eigenvalue weighted by molar-refractivity contribution is 6.09. The molecular formula is C23H29NO5. The first kappa shape index (κ1) is 21.1. The van der Waals surface area contributed by atoms with Gasteiger partial charge in [0.2, 0.25) is 0 Å². The van der Waals surface area contributed by atoms with Crippen LogP contribution in [-0.4, -0.2) is 38.3 Å². The predicted octanol–water partition coefficient (Wildman–Crippen LogP) is 4.08. The van der Waals surface area contributed by atoms with Crippen molar-refractivity contribution in [3.63, 3.8) is 0 Å². The van der Waals surface area contributed by atoms with Crippen molar-refractivity contribution in [3.05, 3.63) is 35.0 Å². The van der Waals surface area contributed by atoms with Crippen molar-refractivity contribution < 1.29 is 23.8 Å². The molecule has 6 heteroatoms. The van der Waals surface area contributed by atoms with E-state index in [1.807, 2.05) is 19.1 Å². The Morgan fingerprint density at radius 1 is 1.17 bits per heavy atom. The molecule has 1 aromatic carbocycles. The fourth-order valence-corrected chi connectivity index (χ4v) is 4.39. The molecule has 29 heavy (non-hydrogen) atoms. The standard InChI is InChI=1S/C23H29NO5/c1-7-29-22(26)19-13(2)24-15-11-23(3,4)12-16(25)21(15)20(19)14-8-9-17(27-5)18(10-14)28-6/h8-10,19-20H,7,11-12H2,1-6H3/t19?,20-/m0/s1. The maximum absolute atomic E-state index is 13.2. The van der Waals surface area contributed by atoms with Gasteiger partial charge < -0.3 is 14.2 Å². The zero-order chi connectivity index (χ0) is 21.3. The number of ketones is 1. The highest BCUT2D eigenvalue weighted by Crippen LogP contribution is 2.48. The number of methoxy groups -OCH3 is 2. The van der Waals surface area contributed by atoms with Gasteiger partial charge in [-0.15, -0.1) is 0 Å². The van der Waals surface area contributed by atoms with Gasteiger partial charge >= 0.3 is 5.97 Å². The Morgan fingerprint density at radius 2 is 1.86 bits per heavy atom. The van der Waals surface area contributed by atoms with E-state index in [4.69, 9.17) is 19.2 Å². The topological polar surface area (TPSA) is 74.2 Å². The first-order chi connectivity index (χ1) is 13.7. The number of carbonyl (C=O) groups excluding carboxylic acids is 2. The van der Waals surface area contributed by atoms with E-state index < -0.39 is 11.8 Å². The highest BCUT2D eigenvalue weighted by atomic mass is 16.5. The van der Waals surface area contributed by atoms with Crippen molar-refractivity contribution in [2.24, 2.45) is 16.3 Å². The lowest BCUT2D eigenvalue weighted by Gasteiger charge is -2.39. The lowest BCUT2D eigenvalue weighted by atomic mass is 9.67. The molecule has 0 amide bonds. The summed E-state index contributed by atoms with van der Waals surface area (Å²) in [5.74, 6) is -0.268. The first-order valence-corrected chi connectivity index (χ1v) is 9.92. The Labute approximate surface area is 171 Å². The minimum atomic E-state index is -0.642. The molecule has 2 aliphatic rings. The summed E-state index contributed by atoms with van der Waals surface area (Å²) in [4.78, 5) is 30.8. The number of aliphatic imine (C=N–C) groups is 1. The third kappa shape index (κ3) is 3.93. The van der Waals surface area contributed by atoms with Gasteiger partial charge in [-0.1, -0.05) is 19.9 Å². The average molecular weight is 399 g/mol. The van der Waals surface area contributed by atoms with Crippen LogP contribution in [-0.2, 0) is 14.3 Å². The minimum Gasteiger partial charge on any atom is -0.493 e. The zero-order valence-corrected chi connectivity index (χ0v) is 18.0. The van der Waals surface area contributed by atoms with Crippen LogP contribution < -0.4 is 9.47 Å². The predicted molar refractivity (Wildman–Crippen MR) is 111 cm³/mol. The summed E-state index contributed by atoms with van der Waals surface area (Å²) < 4.78 is 16.2. The van der Waals surface area contributed by atoms with Gasteiger partial charge in [0.15, 0.2) is 17.3 Å². The van der Waals surface area contributed by atoms with E-state index in [1.165, 1.54) is 0 Å². The quantitative estimate of drug-likeness (QED) is 0.698. The molecule has 3 rings (SSSR count). The van der Waals surface area contributed by atoms with Crippen LogP contribution in [0.3, 0.4) is 0 Å². The summed E-state index contributed by atoms with van der Waals surface area (Å²) in [5.41, 5.74) is 2.74. The highest BCUT2D eigenvalue weighted by Gasteiger charge is 2.46. The molecule has 0 saturated carbocycles. The summed E-state index contributed by atoms with van der Waals surface area (Å²) in [6.45, 7) is 8.03. The van der Waals surface area contributed by atoms with Crippen LogP contribution >= 0.6 is 0 Å². The lowest BCUT2D eigenvalue weighted by Crippen LogP contribution is -2.39. The number of esters is 1. The number of carbonyl (C=O) groups is 2. The summed E-state index contributed by atoms with van der Waals surface area (Å²) in [5, 5.41) is 0. The fourth-order valence-electron chi connectivity index (χ4n) is 4.39. The second kappa shape index (κ2) is 8.01. The molecule has 1 aliphatic heterocycles. The maximum Gasteiger partial charge on any atom is 0.315 e. The molecule has 0 N–H and O–H groups in total. The smallest absolute Gasteiger partial charge is 0.315 e. The van der Waals surface area contributed by atoms with Crippen molar-refractivity contribution in [1.29, 1.82) is 0 Å². The zero-order valence-electron chi connectivity index (χ0n) is 18.0. The Morgan fingerprint density at radius 3 is 2.48 bits per heavy atom. The molecule has 6 nitrogen and oxygen atoms in total. The molecule has 0 aromatic heterocycles. The van der Waals surface area contributed by atoms with Gasteiger partial charge in [0.05, 0.1) is 20.8 Å². The van der Waals surface area contributed by atoms with E-state index >= 15 is 0 Å². The van der Waals surface area contributed by atoms with E-state index in [0.717, 1.165) is 11.3 Å². The number of benzene rings is 1. The first-order valence-electron chi connectivity index (χ1n) is 9.92. The van der Waals surface area contributed by atoms with Gasteiger partial charge in [0.25, 0.3) is 0 Å². The van der Waals surface area contributed by atoms with Gasteiger partial charge in [-0.2, -0.15) is 0 Å². The van der Waals surface area contributed by atoms with E-state index in [0.29, 0.717) is 35.6 Å². The number of hydrogen-bond acceptors (Lipinski definition) is 6. The van der Waals surface area contributed by atoms with Crippen LogP contribution in [0.2, 0.25) is 0 Å². The molecular weight excluding hydrogens is 370 g/mol. The second-order valence-corrected chi connectivity index (χ2v) is 8.38. The van der Waals surface area contributed by atoms with Crippen molar-refractivity contribution in [1.82, 2.24) is 0 Å². The number of Topliss-reactive ketones (excluding diaryl/α,β-unsaturated/α-hetero) is 1. The van der Waals surface area contributed by atoms with Gasteiger partial charge in [0, 0.05) is 29.3 Å². The third-order valence-corrected chi connectivity index (χ3v) is 5.61. The average Bonchev–Trinajstić information content (AvgIpc) is 2.65. The van der Waals surface area contributed by atoms with Crippen molar-refractivity contribution in [2.45, 2.75) is 46.5 Å². The van der Waals surface area contributed by atoms with E-state index in [9.17, 15) is 9.59 Å².